The summed E-state index contributed by atoms with van der Waals surface area (Å²) in [6.07, 6.45) is 11.3. The van der Waals surface area contributed by atoms with Crippen LogP contribution in [0.15, 0.2) is 231 Å². The molecule has 2 heteroatoms. The minimum absolute atomic E-state index is 0.0427. The minimum atomic E-state index is -0.435. The summed E-state index contributed by atoms with van der Waals surface area (Å²) in [4.78, 5) is 0. The van der Waals surface area contributed by atoms with Crippen LogP contribution >= 0.6 is 11.3 Å². The van der Waals surface area contributed by atoms with E-state index in [1.165, 1.54) is 97.7 Å². The van der Waals surface area contributed by atoms with E-state index in [9.17, 15) is 0 Å². The lowest BCUT2D eigenvalue weighted by atomic mass is 9.60. The van der Waals surface area contributed by atoms with E-state index >= 15 is 0 Å². The number of fused-ring (bicyclic) bond motifs is 13. The Balaban J connectivity index is 1.07. The highest BCUT2D eigenvalue weighted by atomic mass is 32.1. The Kier molecular flexibility index (Phi) is 8.57. The molecule has 0 radical (unpaired) electrons. The van der Waals surface area contributed by atoms with Gasteiger partial charge in [0.25, 0.3) is 0 Å². The molecule has 10 aromatic rings. The third kappa shape index (κ3) is 5.62. The van der Waals surface area contributed by atoms with Gasteiger partial charge in [0.15, 0.2) is 0 Å². The molecular formula is C62H42OS. The second-order valence-electron chi connectivity index (χ2n) is 17.4. The molecule has 2 aliphatic carbocycles. The summed E-state index contributed by atoms with van der Waals surface area (Å²) in [6, 6.07) is 76.6. The summed E-state index contributed by atoms with van der Waals surface area (Å²) in [5, 5.41) is 5.13. The van der Waals surface area contributed by atoms with Crippen LogP contribution in [0.1, 0.15) is 56.0 Å². The molecule has 64 heavy (non-hydrogen) atoms. The van der Waals surface area contributed by atoms with Crippen molar-refractivity contribution >= 4 is 53.9 Å². The van der Waals surface area contributed by atoms with E-state index in [4.69, 9.17) is 4.74 Å². The molecule has 13 rings (SSSR count). The van der Waals surface area contributed by atoms with Gasteiger partial charge < -0.3 is 4.74 Å². The molecule has 0 fully saturated rings. The van der Waals surface area contributed by atoms with Gasteiger partial charge in [0.2, 0.25) is 0 Å². The zero-order chi connectivity index (χ0) is 42.2. The number of thiophene rings is 1. The molecule has 3 aliphatic rings. The highest BCUT2D eigenvalue weighted by Crippen LogP contribution is 2.62. The highest BCUT2D eigenvalue weighted by Gasteiger charge is 2.55. The maximum atomic E-state index is 6.83. The molecule has 1 aliphatic heterocycles. The highest BCUT2D eigenvalue weighted by molar-refractivity contribution is 7.26. The summed E-state index contributed by atoms with van der Waals surface area (Å²) in [5.74, 6) is 1.00. The van der Waals surface area contributed by atoms with Crippen LogP contribution < -0.4 is 4.74 Å². The number of ether oxygens (including phenoxy) is 1. The van der Waals surface area contributed by atoms with Crippen LogP contribution in [-0.4, -0.2) is 6.10 Å². The van der Waals surface area contributed by atoms with Gasteiger partial charge in [0, 0.05) is 37.6 Å². The van der Waals surface area contributed by atoms with Crippen molar-refractivity contribution < 1.29 is 4.74 Å². The molecule has 302 valence electrons. The molecule has 2 heterocycles. The minimum Gasteiger partial charge on any atom is -0.485 e. The van der Waals surface area contributed by atoms with Crippen molar-refractivity contribution in [1.82, 2.24) is 0 Å². The van der Waals surface area contributed by atoms with Crippen LogP contribution in [0.3, 0.4) is 0 Å². The predicted molar refractivity (Wildman–Crippen MR) is 268 cm³/mol. The van der Waals surface area contributed by atoms with E-state index in [1.54, 1.807) is 0 Å². The zero-order valence-corrected chi connectivity index (χ0v) is 35.9. The van der Waals surface area contributed by atoms with Crippen LogP contribution in [-0.2, 0) is 5.41 Å². The number of benzene rings is 9. The lowest BCUT2D eigenvalue weighted by Gasteiger charge is -2.47. The van der Waals surface area contributed by atoms with Gasteiger partial charge in [-0.05, 0) is 108 Å². The summed E-state index contributed by atoms with van der Waals surface area (Å²) >= 11 is 1.93. The van der Waals surface area contributed by atoms with E-state index in [-0.39, 0.29) is 17.9 Å². The van der Waals surface area contributed by atoms with Crippen LogP contribution in [0.5, 0.6) is 5.75 Å². The molecule has 0 N–H and O–H groups in total. The van der Waals surface area contributed by atoms with E-state index in [1.807, 2.05) is 11.3 Å². The van der Waals surface area contributed by atoms with Gasteiger partial charge in [0.05, 0.1) is 5.41 Å². The maximum absolute atomic E-state index is 6.83. The number of allylic oxidation sites excluding steroid dienone is 2. The fourth-order valence-electron chi connectivity index (χ4n) is 11.4. The zero-order valence-electron chi connectivity index (χ0n) is 35.1. The molecule has 4 unspecified atom stereocenters. The summed E-state index contributed by atoms with van der Waals surface area (Å²) in [5.41, 5.74) is 14.9. The van der Waals surface area contributed by atoms with Gasteiger partial charge in [-0.3, -0.25) is 0 Å². The third-order valence-corrected chi connectivity index (χ3v) is 15.3. The van der Waals surface area contributed by atoms with Crippen molar-refractivity contribution in [2.24, 2.45) is 5.92 Å². The lowest BCUT2D eigenvalue weighted by molar-refractivity contribution is 0.141. The summed E-state index contributed by atoms with van der Waals surface area (Å²) < 4.78 is 9.46. The SMILES string of the molecule is C1=CC2Oc3ccccc3C3(c4ccccc4-c4ccc(C(c5ccccc5)c5c6ccccc6cc6c5sc5ccc(/C(=C/c7ccccc7)c7ccccc7)cc56)cc43)C2C=C1. The van der Waals surface area contributed by atoms with Gasteiger partial charge in [0.1, 0.15) is 11.9 Å². The van der Waals surface area contributed by atoms with Gasteiger partial charge in [-0.25, -0.2) is 0 Å². The lowest BCUT2D eigenvalue weighted by Crippen LogP contribution is -2.47. The average molecular weight is 835 g/mol. The van der Waals surface area contributed by atoms with E-state index in [2.05, 4.69) is 237 Å². The normalized spacial score (nSPS) is 18.7. The van der Waals surface area contributed by atoms with Gasteiger partial charge >= 0.3 is 0 Å². The first kappa shape index (κ1) is 37.1. The molecule has 9 aromatic carbocycles. The molecule has 1 spiro atoms. The van der Waals surface area contributed by atoms with Crippen LogP contribution in [0, 0.1) is 5.92 Å². The second kappa shape index (κ2) is 14.8. The number of rotatable bonds is 6. The first-order chi connectivity index (χ1) is 31.7. The number of hydrogen-bond acceptors (Lipinski definition) is 2. The summed E-state index contributed by atoms with van der Waals surface area (Å²) in [6.45, 7) is 0. The molecule has 1 nitrogen and oxygen atoms in total. The first-order valence-electron chi connectivity index (χ1n) is 22.3. The molecule has 0 saturated carbocycles. The Bertz CT molecular complexity index is 3540. The van der Waals surface area contributed by atoms with Gasteiger partial charge in [-0.15, -0.1) is 11.3 Å². The van der Waals surface area contributed by atoms with Gasteiger partial charge in [-0.1, -0.05) is 200 Å². The summed E-state index contributed by atoms with van der Waals surface area (Å²) in [7, 11) is 0. The molecule has 4 atom stereocenters. The fraction of sp³-hybridized carbons (Fsp3) is 0.0645. The Morgan fingerprint density at radius 2 is 1.22 bits per heavy atom. The van der Waals surface area contributed by atoms with E-state index < -0.39 is 5.41 Å². The predicted octanol–water partition coefficient (Wildman–Crippen LogP) is 15.8. The average Bonchev–Trinajstić information content (AvgIpc) is 3.87. The Hall–Kier alpha value is -7.52. The van der Waals surface area contributed by atoms with E-state index in [0.29, 0.717) is 0 Å². The van der Waals surface area contributed by atoms with Crippen molar-refractivity contribution in [3.8, 4) is 16.9 Å². The van der Waals surface area contributed by atoms with Crippen LogP contribution in [0.4, 0.5) is 0 Å². The molecule has 0 bridgehead atoms. The number of hydrogen-bond donors (Lipinski definition) is 0. The first-order valence-corrected chi connectivity index (χ1v) is 23.2. The standard InChI is InChI=1S/C62H42OS/c1-4-18-40(19-5-1)36-49(41-20-6-2-7-21-41)44-33-35-58-50(37-44)51-38-43-24-10-11-25-46(43)60(61(51)64-58)59(42-22-8-3-9-23-42)45-32-34-48-47-26-12-13-27-52(47)62(55(48)39-45)53-28-14-16-30-56(53)63-57-31-17-15-29-54(57)62/h1-39,53,56,59H/b49-36+. The topological polar surface area (TPSA) is 9.23 Å². The van der Waals surface area contributed by atoms with Crippen molar-refractivity contribution in [2.45, 2.75) is 17.4 Å². The third-order valence-electron chi connectivity index (χ3n) is 14.1. The van der Waals surface area contributed by atoms with Crippen molar-refractivity contribution in [2.75, 3.05) is 0 Å². The van der Waals surface area contributed by atoms with E-state index in [0.717, 1.165) is 5.75 Å². The molecule has 0 saturated heterocycles. The Labute approximate surface area is 377 Å². The van der Waals surface area contributed by atoms with Crippen molar-refractivity contribution in [3.05, 3.63) is 281 Å². The quantitative estimate of drug-likeness (QED) is 0.120. The van der Waals surface area contributed by atoms with Gasteiger partial charge in [-0.2, -0.15) is 0 Å². The maximum Gasteiger partial charge on any atom is 0.125 e. The number of para-hydroxylation sites is 1. The largest absolute Gasteiger partial charge is 0.485 e. The Morgan fingerprint density at radius 1 is 0.516 bits per heavy atom. The van der Waals surface area contributed by atoms with Crippen molar-refractivity contribution in [3.63, 3.8) is 0 Å². The molecule has 1 aromatic heterocycles. The smallest absolute Gasteiger partial charge is 0.125 e. The van der Waals surface area contributed by atoms with Crippen LogP contribution in [0.25, 0.3) is 53.7 Å². The van der Waals surface area contributed by atoms with Crippen molar-refractivity contribution in [1.29, 1.82) is 0 Å². The fourth-order valence-corrected chi connectivity index (χ4v) is 12.6. The second-order valence-corrected chi connectivity index (χ2v) is 18.5. The monoisotopic (exact) mass is 834 g/mol. The molecule has 0 amide bonds. The van der Waals surface area contributed by atoms with Crippen LogP contribution in [0.2, 0.25) is 0 Å². The Morgan fingerprint density at radius 3 is 2.08 bits per heavy atom. The molecular weight excluding hydrogens is 793 g/mol.